The van der Waals surface area contributed by atoms with Crippen molar-refractivity contribution in [3.05, 3.63) is 40.7 Å². The van der Waals surface area contributed by atoms with Gasteiger partial charge in [0, 0.05) is 4.83 Å². The maximum atomic E-state index is 6.88. The molecule has 0 aromatic heterocycles. The van der Waals surface area contributed by atoms with Gasteiger partial charge in [-0.15, -0.1) is 0 Å². The average molecular weight is 224 g/mol. The predicted octanol–water partition coefficient (Wildman–Crippen LogP) is 4.00. The topological polar surface area (TPSA) is 4.36 Å². The fourth-order valence-electron chi connectivity index (χ4n) is 1.05. The van der Waals surface area contributed by atoms with Gasteiger partial charge in [0.15, 0.2) is 5.69 Å². The monoisotopic (exact) mass is 223 g/mol. The predicted molar refractivity (Wildman–Crippen MR) is 54.8 cm³/mol. The normalized spacial score (nSPS) is 12.2. The summed E-state index contributed by atoms with van der Waals surface area (Å²) in [6, 6.07) is 5.90. The van der Waals surface area contributed by atoms with Crippen molar-refractivity contribution < 1.29 is 0 Å². The molecule has 0 aliphatic carbocycles. The van der Waals surface area contributed by atoms with E-state index in [0.717, 1.165) is 11.3 Å². The Balaban J connectivity index is 3.12. The first kappa shape index (κ1) is 9.28. The number of benzene rings is 1. The van der Waals surface area contributed by atoms with E-state index in [1.165, 1.54) is 5.56 Å². The molecule has 0 bridgehead atoms. The van der Waals surface area contributed by atoms with E-state index in [1.54, 1.807) is 0 Å². The number of hydrogen-bond donors (Lipinski definition) is 0. The van der Waals surface area contributed by atoms with Crippen molar-refractivity contribution in [3.63, 3.8) is 0 Å². The Bertz CT molecular complexity index is 323. The summed E-state index contributed by atoms with van der Waals surface area (Å²) in [5, 5.41) is 0. The largest absolute Gasteiger partial charge is 0.238 e. The summed E-state index contributed by atoms with van der Waals surface area (Å²) in [5.41, 5.74) is 3.01. The molecule has 62 valence electrons. The van der Waals surface area contributed by atoms with E-state index in [-0.39, 0.29) is 0 Å². The molecule has 0 fully saturated rings. The summed E-state index contributed by atoms with van der Waals surface area (Å²) >= 11 is 3.49. The highest BCUT2D eigenvalue weighted by Crippen LogP contribution is 2.26. The maximum absolute atomic E-state index is 6.88. The van der Waals surface area contributed by atoms with Crippen LogP contribution in [0.15, 0.2) is 18.2 Å². The number of nitrogens with zero attached hydrogens (tertiary/aromatic N) is 1. The first-order valence-electron chi connectivity index (χ1n) is 3.77. The van der Waals surface area contributed by atoms with Crippen LogP contribution in [0.2, 0.25) is 0 Å². The van der Waals surface area contributed by atoms with E-state index in [0.29, 0.717) is 4.83 Å². The van der Waals surface area contributed by atoms with E-state index in [9.17, 15) is 0 Å². The third kappa shape index (κ3) is 1.86. The molecule has 1 rings (SSSR count). The smallest absolute Gasteiger partial charge is 0.190 e. The van der Waals surface area contributed by atoms with E-state index in [2.05, 4.69) is 27.7 Å². The van der Waals surface area contributed by atoms with Crippen molar-refractivity contribution >= 4 is 21.6 Å². The second kappa shape index (κ2) is 3.73. The number of hydrogen-bond acceptors (Lipinski definition) is 0. The Hall–Kier alpha value is -0.810. The lowest BCUT2D eigenvalue weighted by molar-refractivity contribution is 1.12. The van der Waals surface area contributed by atoms with Crippen LogP contribution in [0.4, 0.5) is 5.69 Å². The zero-order valence-electron chi connectivity index (χ0n) is 7.13. The summed E-state index contributed by atoms with van der Waals surface area (Å²) in [7, 11) is 0. The molecule has 2 heteroatoms. The Morgan fingerprint density at radius 1 is 1.50 bits per heavy atom. The fourth-order valence-corrected chi connectivity index (χ4v) is 1.34. The lowest BCUT2D eigenvalue weighted by Gasteiger charge is -2.05. The van der Waals surface area contributed by atoms with Gasteiger partial charge in [0.05, 0.1) is 6.57 Å². The molecule has 0 radical (unpaired) electrons. The molecule has 0 spiro atoms. The van der Waals surface area contributed by atoms with Gasteiger partial charge >= 0.3 is 0 Å². The summed E-state index contributed by atoms with van der Waals surface area (Å²) in [6.07, 6.45) is 0. The minimum atomic E-state index is 0.357. The molecule has 0 saturated carbocycles. The summed E-state index contributed by atoms with van der Waals surface area (Å²) in [5.74, 6) is 0. The molecule has 1 atom stereocenters. The second-order valence-corrected chi connectivity index (χ2v) is 4.15. The molecule has 0 amide bonds. The van der Waals surface area contributed by atoms with E-state index < -0.39 is 0 Å². The first-order chi connectivity index (χ1) is 5.65. The summed E-state index contributed by atoms with van der Waals surface area (Å²) in [4.78, 5) is 3.76. The van der Waals surface area contributed by atoms with Gasteiger partial charge < -0.3 is 0 Å². The van der Waals surface area contributed by atoms with Crippen molar-refractivity contribution in [1.82, 2.24) is 0 Å². The molecule has 1 aromatic carbocycles. The molecule has 0 N–H and O–H groups in total. The van der Waals surface area contributed by atoms with Gasteiger partial charge in [-0.1, -0.05) is 34.1 Å². The SMILES string of the molecule is [C-]#[N+]c1ccc(C(C)Br)cc1C. The van der Waals surface area contributed by atoms with E-state index in [4.69, 9.17) is 6.57 Å². The van der Waals surface area contributed by atoms with Gasteiger partial charge in [-0.05, 0) is 25.0 Å². The molecule has 1 nitrogen and oxygen atoms in total. The number of alkyl halides is 1. The Morgan fingerprint density at radius 2 is 2.17 bits per heavy atom. The average Bonchev–Trinajstić information content (AvgIpc) is 2.04. The number of halogens is 1. The number of aryl methyl sites for hydroxylation is 1. The van der Waals surface area contributed by atoms with Crippen LogP contribution < -0.4 is 0 Å². The van der Waals surface area contributed by atoms with Crippen LogP contribution in [-0.4, -0.2) is 0 Å². The Labute approximate surface area is 81.4 Å². The van der Waals surface area contributed by atoms with Crippen LogP contribution in [0.3, 0.4) is 0 Å². The second-order valence-electron chi connectivity index (χ2n) is 2.77. The lowest BCUT2D eigenvalue weighted by Crippen LogP contribution is -1.84. The highest BCUT2D eigenvalue weighted by Gasteiger charge is 2.02. The van der Waals surface area contributed by atoms with Crippen LogP contribution in [0.1, 0.15) is 22.9 Å². The van der Waals surface area contributed by atoms with Gasteiger partial charge in [0.1, 0.15) is 0 Å². The molecular formula is C10H10BrN. The van der Waals surface area contributed by atoms with Crippen LogP contribution in [-0.2, 0) is 0 Å². The minimum Gasteiger partial charge on any atom is -0.238 e. The number of rotatable bonds is 1. The fraction of sp³-hybridized carbons (Fsp3) is 0.300. The van der Waals surface area contributed by atoms with Crippen molar-refractivity contribution in [2.24, 2.45) is 0 Å². The standard InChI is InChI=1S/C10H10BrN/c1-7-6-9(8(2)11)4-5-10(7)12-3/h4-6,8H,1-2H3. The van der Waals surface area contributed by atoms with Crippen LogP contribution in [0, 0.1) is 13.5 Å². The van der Waals surface area contributed by atoms with Crippen LogP contribution in [0.5, 0.6) is 0 Å². The minimum absolute atomic E-state index is 0.357. The van der Waals surface area contributed by atoms with E-state index in [1.807, 2.05) is 25.1 Å². The molecule has 0 heterocycles. The van der Waals surface area contributed by atoms with Gasteiger partial charge in [0.25, 0.3) is 0 Å². The highest BCUT2D eigenvalue weighted by atomic mass is 79.9. The highest BCUT2D eigenvalue weighted by molar-refractivity contribution is 9.09. The van der Waals surface area contributed by atoms with Crippen molar-refractivity contribution in [2.75, 3.05) is 0 Å². The van der Waals surface area contributed by atoms with E-state index >= 15 is 0 Å². The zero-order chi connectivity index (χ0) is 9.14. The quantitative estimate of drug-likeness (QED) is 0.501. The van der Waals surface area contributed by atoms with Crippen LogP contribution in [0.25, 0.3) is 4.85 Å². The Morgan fingerprint density at radius 3 is 2.58 bits per heavy atom. The maximum Gasteiger partial charge on any atom is 0.190 e. The zero-order valence-corrected chi connectivity index (χ0v) is 8.72. The van der Waals surface area contributed by atoms with Crippen LogP contribution >= 0.6 is 15.9 Å². The van der Waals surface area contributed by atoms with Crippen molar-refractivity contribution in [3.8, 4) is 0 Å². The molecule has 0 aliphatic rings. The molecule has 0 saturated heterocycles. The summed E-state index contributed by atoms with van der Waals surface area (Å²) < 4.78 is 0. The van der Waals surface area contributed by atoms with Crippen molar-refractivity contribution in [1.29, 1.82) is 0 Å². The van der Waals surface area contributed by atoms with Gasteiger partial charge in [-0.3, -0.25) is 0 Å². The molecule has 1 aromatic rings. The molecule has 12 heavy (non-hydrogen) atoms. The first-order valence-corrected chi connectivity index (χ1v) is 4.69. The third-order valence-electron chi connectivity index (χ3n) is 1.80. The molecule has 0 aliphatic heterocycles. The van der Waals surface area contributed by atoms with Gasteiger partial charge in [-0.2, -0.15) is 0 Å². The Kier molecular flexibility index (Phi) is 2.88. The summed E-state index contributed by atoms with van der Waals surface area (Å²) in [6.45, 7) is 10.9. The molecule has 1 unspecified atom stereocenters. The van der Waals surface area contributed by atoms with Crippen molar-refractivity contribution in [2.45, 2.75) is 18.7 Å². The molecular weight excluding hydrogens is 214 g/mol. The third-order valence-corrected chi connectivity index (χ3v) is 2.33. The van der Waals surface area contributed by atoms with Gasteiger partial charge in [-0.25, -0.2) is 4.85 Å². The van der Waals surface area contributed by atoms with Gasteiger partial charge in [0.2, 0.25) is 0 Å². The lowest BCUT2D eigenvalue weighted by atomic mass is 10.1.